The fourth-order valence-corrected chi connectivity index (χ4v) is 3.53. The molecule has 2 aromatic rings. The number of unbranched alkanes of at least 4 members (excludes halogenated alkanes) is 1. The van der Waals surface area contributed by atoms with Crippen LogP contribution >= 0.6 is 11.6 Å². The van der Waals surface area contributed by atoms with E-state index < -0.39 is 0 Å². The number of ether oxygens (including phenoxy) is 1. The van der Waals surface area contributed by atoms with Crippen LogP contribution in [0.15, 0.2) is 60.3 Å². The van der Waals surface area contributed by atoms with Crippen molar-refractivity contribution in [1.29, 1.82) is 0 Å². The first-order valence-corrected chi connectivity index (χ1v) is 10.6. The molecule has 0 saturated carbocycles. The average molecular weight is 427 g/mol. The van der Waals surface area contributed by atoms with E-state index in [0.29, 0.717) is 48.0 Å². The Morgan fingerprint density at radius 1 is 0.933 bits per heavy atom. The maximum atomic E-state index is 13.3. The van der Waals surface area contributed by atoms with Crippen LogP contribution in [0.4, 0.5) is 5.69 Å². The van der Waals surface area contributed by atoms with Crippen LogP contribution < -0.4 is 4.90 Å². The molecule has 6 heteroatoms. The lowest BCUT2D eigenvalue weighted by atomic mass is 10.0. The van der Waals surface area contributed by atoms with Gasteiger partial charge in [-0.05, 0) is 42.7 Å². The van der Waals surface area contributed by atoms with E-state index in [4.69, 9.17) is 16.3 Å². The highest BCUT2D eigenvalue weighted by Gasteiger charge is 2.40. The Morgan fingerprint density at radius 2 is 1.60 bits per heavy atom. The number of anilines is 1. The number of nitrogens with zero attached hydrogens (tertiary/aromatic N) is 2. The molecule has 0 unspecified atom stereocenters. The van der Waals surface area contributed by atoms with Gasteiger partial charge < -0.3 is 9.64 Å². The van der Waals surface area contributed by atoms with Crippen molar-refractivity contribution in [3.8, 4) is 0 Å². The summed E-state index contributed by atoms with van der Waals surface area (Å²) in [6, 6.07) is 16.6. The van der Waals surface area contributed by atoms with Crippen molar-refractivity contribution >= 4 is 34.7 Å². The molecule has 0 spiro atoms. The third kappa shape index (κ3) is 4.91. The highest BCUT2D eigenvalue weighted by atomic mass is 35.5. The Hall–Kier alpha value is -2.63. The summed E-state index contributed by atoms with van der Waals surface area (Å²) in [7, 11) is 1.81. The van der Waals surface area contributed by atoms with Crippen molar-refractivity contribution in [3.63, 3.8) is 0 Å². The number of halogens is 1. The molecule has 0 aromatic heterocycles. The smallest absolute Gasteiger partial charge is 0.278 e. The number of benzene rings is 2. The first-order valence-electron chi connectivity index (χ1n) is 10.3. The van der Waals surface area contributed by atoms with Crippen molar-refractivity contribution in [3.05, 3.63) is 70.9 Å². The maximum Gasteiger partial charge on any atom is 0.278 e. The number of likely N-dealkylation sites (N-methyl/N-ethyl adjacent to an activating group) is 1. The van der Waals surface area contributed by atoms with Gasteiger partial charge in [-0.1, -0.05) is 55.3 Å². The molecular weight excluding hydrogens is 400 g/mol. The Labute approximate surface area is 182 Å². The standard InChI is InChI=1S/C24H27ClN2O3/c1-3-4-16-30-17-8-15-27-23(28)21(18-11-13-19(25)14-12-18)22(24(27)29)26(2)20-9-6-5-7-10-20/h5-7,9-14H,3-4,8,15-17H2,1-2H3. The molecule has 0 bridgehead atoms. The van der Waals surface area contributed by atoms with Gasteiger partial charge in [0, 0.05) is 37.5 Å². The second kappa shape index (κ2) is 10.4. The van der Waals surface area contributed by atoms with Gasteiger partial charge in [-0.3, -0.25) is 14.5 Å². The fraction of sp³-hybridized carbons (Fsp3) is 0.333. The van der Waals surface area contributed by atoms with Crippen molar-refractivity contribution in [2.24, 2.45) is 0 Å². The molecule has 30 heavy (non-hydrogen) atoms. The van der Waals surface area contributed by atoms with E-state index in [1.165, 1.54) is 4.90 Å². The highest BCUT2D eigenvalue weighted by Crippen LogP contribution is 2.33. The number of para-hydroxylation sites is 1. The first kappa shape index (κ1) is 22.1. The normalized spacial score (nSPS) is 14.0. The van der Waals surface area contributed by atoms with E-state index in [2.05, 4.69) is 6.92 Å². The number of amides is 2. The molecule has 0 atom stereocenters. The van der Waals surface area contributed by atoms with Crippen LogP contribution in [0.1, 0.15) is 31.7 Å². The number of imide groups is 1. The quantitative estimate of drug-likeness (QED) is 0.406. The highest BCUT2D eigenvalue weighted by molar-refractivity contribution is 6.37. The van der Waals surface area contributed by atoms with Gasteiger partial charge in [-0.25, -0.2) is 0 Å². The van der Waals surface area contributed by atoms with Gasteiger partial charge in [-0.2, -0.15) is 0 Å². The molecule has 1 aliphatic heterocycles. The summed E-state index contributed by atoms with van der Waals surface area (Å²) >= 11 is 6.02. The van der Waals surface area contributed by atoms with Crippen molar-refractivity contribution in [2.45, 2.75) is 26.2 Å². The Morgan fingerprint density at radius 3 is 2.27 bits per heavy atom. The third-order valence-electron chi connectivity index (χ3n) is 5.07. The largest absolute Gasteiger partial charge is 0.381 e. The zero-order valence-corrected chi connectivity index (χ0v) is 18.2. The zero-order chi connectivity index (χ0) is 21.5. The molecule has 2 aromatic carbocycles. The number of carbonyl (C=O) groups is 2. The van der Waals surface area contributed by atoms with Gasteiger partial charge in [0.2, 0.25) is 0 Å². The second-order valence-corrected chi connectivity index (χ2v) is 7.64. The van der Waals surface area contributed by atoms with Gasteiger partial charge in [0.25, 0.3) is 11.8 Å². The average Bonchev–Trinajstić information content (AvgIpc) is 3.01. The number of carbonyl (C=O) groups excluding carboxylic acids is 2. The predicted molar refractivity (Wildman–Crippen MR) is 120 cm³/mol. The van der Waals surface area contributed by atoms with E-state index in [0.717, 1.165) is 18.5 Å². The second-order valence-electron chi connectivity index (χ2n) is 7.21. The molecule has 5 nitrogen and oxygen atoms in total. The molecule has 0 N–H and O–H groups in total. The van der Waals surface area contributed by atoms with Crippen molar-refractivity contribution in [1.82, 2.24) is 4.90 Å². The lowest BCUT2D eigenvalue weighted by molar-refractivity contribution is -0.137. The molecule has 1 aliphatic rings. The number of hydrogen-bond acceptors (Lipinski definition) is 4. The summed E-state index contributed by atoms with van der Waals surface area (Å²) in [5, 5.41) is 0.579. The van der Waals surface area contributed by atoms with E-state index >= 15 is 0 Å². The molecular formula is C24H27ClN2O3. The maximum absolute atomic E-state index is 13.3. The Bertz CT molecular complexity index is 910. The van der Waals surface area contributed by atoms with Gasteiger partial charge in [0.15, 0.2) is 0 Å². The molecule has 1 heterocycles. The number of rotatable bonds is 10. The molecule has 2 amide bonds. The summed E-state index contributed by atoms with van der Waals surface area (Å²) in [6.07, 6.45) is 2.69. The first-order chi connectivity index (χ1) is 14.5. The third-order valence-corrected chi connectivity index (χ3v) is 5.32. The van der Waals surface area contributed by atoms with Gasteiger partial charge in [0.1, 0.15) is 5.70 Å². The molecule has 0 radical (unpaired) electrons. The summed E-state index contributed by atoms with van der Waals surface area (Å²) in [4.78, 5) is 29.6. The SMILES string of the molecule is CCCCOCCCN1C(=O)C(c2ccc(Cl)cc2)=C(N(C)c2ccccc2)C1=O. The lowest BCUT2D eigenvalue weighted by Crippen LogP contribution is -2.35. The van der Waals surface area contributed by atoms with Gasteiger partial charge >= 0.3 is 0 Å². The number of hydrogen-bond donors (Lipinski definition) is 0. The van der Waals surface area contributed by atoms with E-state index in [9.17, 15) is 9.59 Å². The van der Waals surface area contributed by atoms with Crippen LogP contribution in [0.5, 0.6) is 0 Å². The van der Waals surface area contributed by atoms with E-state index in [1.807, 2.05) is 37.4 Å². The lowest BCUT2D eigenvalue weighted by Gasteiger charge is -2.21. The van der Waals surface area contributed by atoms with Crippen LogP contribution in [0.3, 0.4) is 0 Å². The van der Waals surface area contributed by atoms with Crippen LogP contribution in [-0.2, 0) is 14.3 Å². The minimum absolute atomic E-state index is 0.284. The fourth-order valence-electron chi connectivity index (χ4n) is 3.41. The van der Waals surface area contributed by atoms with Gasteiger partial charge in [-0.15, -0.1) is 0 Å². The topological polar surface area (TPSA) is 49.9 Å². The van der Waals surface area contributed by atoms with Crippen LogP contribution in [0.2, 0.25) is 5.02 Å². The molecule has 158 valence electrons. The van der Waals surface area contributed by atoms with E-state index in [-0.39, 0.29) is 11.8 Å². The zero-order valence-electron chi connectivity index (χ0n) is 17.4. The minimum Gasteiger partial charge on any atom is -0.381 e. The summed E-state index contributed by atoms with van der Waals surface area (Å²) < 4.78 is 5.58. The van der Waals surface area contributed by atoms with Crippen LogP contribution in [-0.4, -0.2) is 43.5 Å². The monoisotopic (exact) mass is 426 g/mol. The minimum atomic E-state index is -0.287. The molecule has 0 aliphatic carbocycles. The Kier molecular flexibility index (Phi) is 7.66. The van der Waals surface area contributed by atoms with Gasteiger partial charge in [0.05, 0.1) is 5.57 Å². The van der Waals surface area contributed by atoms with Crippen LogP contribution in [0, 0.1) is 0 Å². The summed E-state index contributed by atoms with van der Waals surface area (Å²) in [6.45, 7) is 3.67. The molecule has 3 rings (SSSR count). The van der Waals surface area contributed by atoms with Crippen molar-refractivity contribution in [2.75, 3.05) is 31.7 Å². The summed E-state index contributed by atoms with van der Waals surface area (Å²) in [5.41, 5.74) is 2.29. The van der Waals surface area contributed by atoms with E-state index in [1.54, 1.807) is 29.2 Å². The van der Waals surface area contributed by atoms with Crippen molar-refractivity contribution < 1.29 is 14.3 Å². The Balaban J connectivity index is 1.86. The molecule has 0 saturated heterocycles. The van der Waals surface area contributed by atoms with Crippen LogP contribution in [0.25, 0.3) is 5.57 Å². The molecule has 0 fully saturated rings. The summed E-state index contributed by atoms with van der Waals surface area (Å²) in [5.74, 6) is -0.571. The predicted octanol–water partition coefficient (Wildman–Crippen LogP) is 4.76.